The van der Waals surface area contributed by atoms with Gasteiger partial charge in [0.2, 0.25) is 5.54 Å². The Morgan fingerprint density at radius 2 is 1.67 bits per heavy atom. The maximum atomic E-state index is 13.2. The summed E-state index contributed by atoms with van der Waals surface area (Å²) in [4.78, 5) is 43.5. The highest BCUT2D eigenvalue weighted by Gasteiger charge is 2.62. The van der Waals surface area contributed by atoms with Crippen LogP contribution in [0.15, 0.2) is 24.3 Å². The summed E-state index contributed by atoms with van der Waals surface area (Å²) < 4.78 is 0. The molecule has 2 N–H and O–H groups in total. The number of rotatable bonds is 5. The number of amides is 4. The number of fused-ring (bicyclic) bond motifs is 1. The first kappa shape index (κ1) is 19.5. The Bertz CT molecular complexity index is 873. The SMILES string of the molecule is NC(=O)[C@]12[CH]CCCN1C(=O)N(c1ccc(C3(CN4CCCC4)CCC3)cc1)C2=O. The fourth-order valence-corrected chi connectivity index (χ4v) is 5.72. The molecule has 3 aliphatic heterocycles. The number of urea groups is 1. The summed E-state index contributed by atoms with van der Waals surface area (Å²) in [7, 11) is 0. The Balaban J connectivity index is 1.42. The fourth-order valence-electron chi connectivity index (χ4n) is 5.72. The first-order valence-electron chi connectivity index (χ1n) is 11.1. The second-order valence-corrected chi connectivity index (χ2v) is 9.22. The number of hydrogen-bond acceptors (Lipinski definition) is 4. The molecule has 0 spiro atoms. The molecule has 0 aromatic heterocycles. The smallest absolute Gasteiger partial charge is 0.332 e. The molecule has 30 heavy (non-hydrogen) atoms. The third kappa shape index (κ3) is 2.71. The van der Waals surface area contributed by atoms with E-state index in [1.54, 1.807) is 6.42 Å². The minimum atomic E-state index is -1.64. The van der Waals surface area contributed by atoms with Gasteiger partial charge in [-0.3, -0.25) is 9.59 Å². The van der Waals surface area contributed by atoms with E-state index < -0.39 is 23.4 Å². The van der Waals surface area contributed by atoms with Crippen LogP contribution in [0.2, 0.25) is 0 Å². The van der Waals surface area contributed by atoms with Crippen LogP contribution in [-0.4, -0.2) is 59.4 Å². The number of carbonyl (C=O) groups is 3. The lowest BCUT2D eigenvalue weighted by Gasteiger charge is -2.45. The highest BCUT2D eigenvalue weighted by Crippen LogP contribution is 2.46. The lowest BCUT2D eigenvalue weighted by molar-refractivity contribution is -0.136. The van der Waals surface area contributed by atoms with E-state index in [2.05, 4.69) is 17.0 Å². The molecule has 4 fully saturated rings. The van der Waals surface area contributed by atoms with Crippen molar-refractivity contribution in [3.8, 4) is 0 Å². The van der Waals surface area contributed by atoms with Crippen molar-refractivity contribution >= 4 is 23.5 Å². The number of carbonyl (C=O) groups excluding carboxylic acids is 3. The minimum Gasteiger partial charge on any atom is -0.367 e. The summed E-state index contributed by atoms with van der Waals surface area (Å²) in [5.41, 5.74) is 5.93. The molecule has 4 aliphatic rings. The number of piperidine rings is 1. The normalized spacial score (nSPS) is 28.5. The van der Waals surface area contributed by atoms with Gasteiger partial charge in [0.25, 0.3) is 11.8 Å². The maximum absolute atomic E-state index is 13.2. The van der Waals surface area contributed by atoms with Gasteiger partial charge in [0.15, 0.2) is 0 Å². The highest BCUT2D eigenvalue weighted by molar-refractivity contribution is 6.31. The number of anilines is 1. The predicted octanol–water partition coefficient (Wildman–Crippen LogP) is 2.19. The minimum absolute atomic E-state index is 0.182. The summed E-state index contributed by atoms with van der Waals surface area (Å²) in [6.45, 7) is 3.80. The van der Waals surface area contributed by atoms with E-state index in [1.165, 1.54) is 55.7 Å². The Morgan fingerprint density at radius 3 is 2.23 bits per heavy atom. The van der Waals surface area contributed by atoms with Gasteiger partial charge in [-0.05, 0) is 69.3 Å². The van der Waals surface area contributed by atoms with Crippen LogP contribution in [0.1, 0.15) is 50.5 Å². The van der Waals surface area contributed by atoms with Crippen molar-refractivity contribution in [2.75, 3.05) is 31.1 Å². The Hall–Kier alpha value is -2.41. The van der Waals surface area contributed by atoms with E-state index in [-0.39, 0.29) is 5.41 Å². The number of nitrogens with two attached hydrogens (primary N) is 1. The lowest BCUT2D eigenvalue weighted by Crippen LogP contribution is -2.61. The number of nitrogens with zero attached hydrogens (tertiary/aromatic N) is 3. The van der Waals surface area contributed by atoms with Gasteiger partial charge in [0, 0.05) is 24.9 Å². The van der Waals surface area contributed by atoms with Gasteiger partial charge in [-0.15, -0.1) is 0 Å². The van der Waals surface area contributed by atoms with Crippen molar-refractivity contribution in [1.29, 1.82) is 0 Å². The van der Waals surface area contributed by atoms with E-state index in [0.29, 0.717) is 18.7 Å². The van der Waals surface area contributed by atoms with Crippen LogP contribution < -0.4 is 10.6 Å². The molecule has 159 valence electrons. The van der Waals surface area contributed by atoms with Gasteiger partial charge in [0.05, 0.1) is 5.69 Å². The molecule has 1 radical (unpaired) electrons. The molecular weight excluding hydrogens is 380 g/mol. The van der Waals surface area contributed by atoms with Gasteiger partial charge < -0.3 is 15.5 Å². The standard InChI is InChI=1S/C23H29N4O3/c24-19(28)23-12-1-2-15-26(23)21(30)27(20(23)29)18-8-6-17(7-9-18)22(10-5-11-22)16-25-13-3-4-14-25/h6-9,12H,1-5,10-11,13-16H2,(H2,24,28)/t23-/m0/s1. The number of benzene rings is 1. The molecular formula is C23H29N4O3. The van der Waals surface area contributed by atoms with Gasteiger partial charge in [-0.2, -0.15) is 0 Å². The van der Waals surface area contributed by atoms with Crippen LogP contribution in [0.5, 0.6) is 0 Å². The molecule has 7 heteroatoms. The van der Waals surface area contributed by atoms with Crippen molar-refractivity contribution in [1.82, 2.24) is 9.80 Å². The summed E-state index contributed by atoms with van der Waals surface area (Å²) in [5.74, 6) is -1.33. The summed E-state index contributed by atoms with van der Waals surface area (Å²) in [5, 5.41) is 0. The maximum Gasteiger partial charge on any atom is 0.332 e. The zero-order valence-corrected chi connectivity index (χ0v) is 17.3. The Morgan fingerprint density at radius 1 is 0.967 bits per heavy atom. The molecule has 1 aliphatic carbocycles. The monoisotopic (exact) mass is 409 g/mol. The second kappa shape index (κ2) is 7.08. The van der Waals surface area contributed by atoms with Crippen molar-refractivity contribution in [2.24, 2.45) is 5.73 Å². The lowest BCUT2D eigenvalue weighted by atomic mass is 9.64. The zero-order valence-electron chi connectivity index (χ0n) is 17.3. The first-order valence-corrected chi connectivity index (χ1v) is 11.1. The van der Waals surface area contributed by atoms with E-state index in [0.717, 1.165) is 17.9 Å². The quantitative estimate of drug-likeness (QED) is 0.597. The van der Waals surface area contributed by atoms with Crippen molar-refractivity contribution in [2.45, 2.75) is 55.9 Å². The largest absolute Gasteiger partial charge is 0.367 e. The summed E-state index contributed by atoms with van der Waals surface area (Å²) >= 11 is 0. The zero-order chi connectivity index (χ0) is 20.9. The molecule has 3 saturated heterocycles. The van der Waals surface area contributed by atoms with Gasteiger partial charge in [0.1, 0.15) is 0 Å². The number of imide groups is 1. The average molecular weight is 410 g/mol. The van der Waals surface area contributed by atoms with Crippen molar-refractivity contribution in [3.05, 3.63) is 36.2 Å². The number of likely N-dealkylation sites (tertiary alicyclic amines) is 1. The topological polar surface area (TPSA) is 86.9 Å². The van der Waals surface area contributed by atoms with E-state index in [1.807, 2.05) is 12.1 Å². The first-order chi connectivity index (χ1) is 14.5. The fraction of sp³-hybridized carbons (Fsp3) is 0.565. The van der Waals surface area contributed by atoms with E-state index >= 15 is 0 Å². The van der Waals surface area contributed by atoms with Gasteiger partial charge >= 0.3 is 6.03 Å². The molecule has 1 saturated carbocycles. The van der Waals surface area contributed by atoms with Crippen molar-refractivity contribution in [3.63, 3.8) is 0 Å². The van der Waals surface area contributed by atoms with Gasteiger partial charge in [-0.25, -0.2) is 9.69 Å². The molecule has 7 nitrogen and oxygen atoms in total. The van der Waals surface area contributed by atoms with Crippen LogP contribution in [0.3, 0.4) is 0 Å². The van der Waals surface area contributed by atoms with Crippen LogP contribution in [0, 0.1) is 6.42 Å². The molecule has 0 unspecified atom stereocenters. The highest BCUT2D eigenvalue weighted by atomic mass is 16.2. The second-order valence-electron chi connectivity index (χ2n) is 9.22. The van der Waals surface area contributed by atoms with E-state index in [4.69, 9.17) is 5.73 Å². The molecule has 5 rings (SSSR count). The molecule has 3 heterocycles. The molecule has 1 aromatic carbocycles. The van der Waals surface area contributed by atoms with Crippen LogP contribution in [-0.2, 0) is 15.0 Å². The molecule has 4 amide bonds. The Labute approximate surface area is 177 Å². The van der Waals surface area contributed by atoms with E-state index in [9.17, 15) is 14.4 Å². The van der Waals surface area contributed by atoms with Crippen LogP contribution in [0.25, 0.3) is 0 Å². The summed E-state index contributed by atoms with van der Waals surface area (Å²) in [6, 6.07) is 7.36. The Kier molecular flexibility index (Phi) is 4.61. The average Bonchev–Trinajstić information content (AvgIpc) is 3.31. The number of hydrogen-bond donors (Lipinski definition) is 1. The van der Waals surface area contributed by atoms with Crippen molar-refractivity contribution < 1.29 is 14.4 Å². The number of primary amides is 1. The molecule has 1 atom stereocenters. The third-order valence-corrected chi connectivity index (χ3v) is 7.55. The summed E-state index contributed by atoms with van der Waals surface area (Å²) in [6.07, 6.45) is 9.07. The third-order valence-electron chi connectivity index (χ3n) is 7.55. The van der Waals surface area contributed by atoms with Crippen LogP contribution >= 0.6 is 0 Å². The van der Waals surface area contributed by atoms with Crippen LogP contribution in [0.4, 0.5) is 10.5 Å². The predicted molar refractivity (Wildman–Crippen MR) is 113 cm³/mol. The van der Waals surface area contributed by atoms with Gasteiger partial charge in [-0.1, -0.05) is 18.6 Å². The molecule has 0 bridgehead atoms. The molecule has 1 aromatic rings.